The zero-order valence-corrected chi connectivity index (χ0v) is 25.4. The fraction of sp³-hybridized carbons (Fsp3) is 0.438. The number of aromatic nitrogens is 4. The van der Waals surface area contributed by atoms with Gasteiger partial charge in [-0.25, -0.2) is 4.68 Å². The molecule has 1 spiro atoms. The second-order valence-corrected chi connectivity index (χ2v) is 12.2. The van der Waals surface area contributed by atoms with Crippen LogP contribution in [0, 0.1) is 12.3 Å². The lowest BCUT2D eigenvalue weighted by Gasteiger charge is -2.41. The molecule has 3 aromatic rings. The van der Waals surface area contributed by atoms with E-state index in [9.17, 15) is 9.90 Å². The van der Waals surface area contributed by atoms with E-state index in [1.165, 1.54) is 23.9 Å². The van der Waals surface area contributed by atoms with E-state index >= 15 is 13.2 Å². The number of carboxylic acids is 1. The van der Waals surface area contributed by atoms with Crippen molar-refractivity contribution in [2.75, 3.05) is 37.4 Å². The first-order chi connectivity index (χ1) is 21.9. The van der Waals surface area contributed by atoms with Crippen LogP contribution in [0.5, 0.6) is 5.88 Å². The number of rotatable bonds is 8. The van der Waals surface area contributed by atoms with Crippen LogP contribution < -0.4 is 20.7 Å². The van der Waals surface area contributed by atoms with Crippen molar-refractivity contribution in [2.45, 2.75) is 56.0 Å². The van der Waals surface area contributed by atoms with Gasteiger partial charge >= 0.3 is 12.1 Å². The van der Waals surface area contributed by atoms with Crippen LogP contribution in [0.2, 0.25) is 0 Å². The molecule has 46 heavy (non-hydrogen) atoms. The van der Waals surface area contributed by atoms with Gasteiger partial charge in [-0.3, -0.25) is 4.79 Å². The van der Waals surface area contributed by atoms with Crippen LogP contribution in [0.4, 0.5) is 24.9 Å². The van der Waals surface area contributed by atoms with E-state index in [2.05, 4.69) is 20.4 Å². The molecular formula is C32H36F3N7O4. The molecule has 4 atom stereocenters. The van der Waals surface area contributed by atoms with Crippen molar-refractivity contribution in [3.05, 3.63) is 78.1 Å². The number of carbonyl (C=O) groups is 1. The maximum atomic E-state index is 15.1. The molecule has 0 bridgehead atoms. The van der Waals surface area contributed by atoms with E-state index in [0.29, 0.717) is 50.4 Å². The quantitative estimate of drug-likeness (QED) is 0.308. The van der Waals surface area contributed by atoms with Crippen molar-refractivity contribution in [1.82, 2.24) is 25.1 Å². The molecule has 2 unspecified atom stereocenters. The number of ether oxygens (including phenoxy) is 2. The smallest absolute Gasteiger partial charge is 0.429 e. The lowest BCUT2D eigenvalue weighted by molar-refractivity contribution is -0.232. The highest BCUT2D eigenvalue weighted by Crippen LogP contribution is 2.45. The number of nitrogens with zero attached hydrogens (tertiary/aromatic N) is 5. The third kappa shape index (κ3) is 6.06. The first kappa shape index (κ1) is 31.5. The van der Waals surface area contributed by atoms with E-state index in [4.69, 9.17) is 15.2 Å². The number of benzene rings is 1. The van der Waals surface area contributed by atoms with Crippen molar-refractivity contribution in [1.29, 1.82) is 0 Å². The first-order valence-electron chi connectivity index (χ1n) is 15.0. The van der Waals surface area contributed by atoms with Crippen LogP contribution in [0.25, 0.3) is 5.70 Å². The summed E-state index contributed by atoms with van der Waals surface area (Å²) in [5, 5.41) is 16.9. The first-order valence-corrected chi connectivity index (χ1v) is 15.0. The van der Waals surface area contributed by atoms with Gasteiger partial charge in [-0.15, -0.1) is 0 Å². The summed E-state index contributed by atoms with van der Waals surface area (Å²) in [6.07, 6.45) is 0.760. The van der Waals surface area contributed by atoms with E-state index in [1.807, 2.05) is 35.2 Å². The number of hydrogen-bond donors (Lipinski definition) is 3. The Balaban J connectivity index is 1.31. The number of nitrogen functional groups attached to an aromatic ring is 1. The van der Waals surface area contributed by atoms with Gasteiger partial charge in [0.25, 0.3) is 0 Å². The fourth-order valence-electron chi connectivity index (χ4n) is 6.73. The SMILES string of the molecule is COC1([C@@H](Oc2cc(N3CCC4(CC3)CN[C@H](C(=O)O)C4)nc(N)n2)C(F)(F)F)C=CC(c2ccccc2)C=C1n1ccc(C)n1. The monoisotopic (exact) mass is 639 g/mol. The van der Waals surface area contributed by atoms with Crippen molar-refractivity contribution >= 4 is 23.4 Å². The van der Waals surface area contributed by atoms with Crippen LogP contribution in [-0.4, -0.2) is 81.5 Å². The summed E-state index contributed by atoms with van der Waals surface area (Å²) in [5.74, 6) is -1.49. The maximum absolute atomic E-state index is 15.1. The Morgan fingerprint density at radius 2 is 1.91 bits per heavy atom. The number of halogens is 3. The molecule has 2 fully saturated rings. The third-order valence-electron chi connectivity index (χ3n) is 9.22. The molecule has 6 rings (SSSR count). The van der Waals surface area contributed by atoms with E-state index in [1.54, 1.807) is 31.3 Å². The Labute approximate surface area is 263 Å². The van der Waals surface area contributed by atoms with Crippen molar-refractivity contribution < 1.29 is 32.5 Å². The molecule has 1 aliphatic carbocycles. The number of alkyl halides is 3. The standard InChI is InChI=1S/C32H36F3N7O4/c1-20-9-13-42(40-20)24-16-22(21-6-4-3-5-7-21)8-10-31(24,45-2)28(32(33,34)35)46-26-17-25(38-29(36)39-26)41-14-11-30(12-15-41)18-23(27(43)44)37-19-30/h3-10,13,16-17,22-23,28,37H,11-12,14-15,18-19H2,1-2H3,(H,43,44)(H2,36,38,39)/t22?,23-,28+,31?/m0/s1. The number of anilines is 2. The molecule has 0 radical (unpaired) electrons. The van der Waals surface area contributed by atoms with Gasteiger partial charge in [0.2, 0.25) is 17.9 Å². The number of nitrogens with two attached hydrogens (primary N) is 1. The fourth-order valence-corrected chi connectivity index (χ4v) is 6.73. The summed E-state index contributed by atoms with van der Waals surface area (Å²) in [6.45, 7) is 3.38. The predicted octanol–water partition coefficient (Wildman–Crippen LogP) is 4.19. The lowest BCUT2D eigenvalue weighted by Crippen LogP contribution is -2.56. The normalized spacial score (nSPS) is 25.0. The Kier molecular flexibility index (Phi) is 8.27. The van der Waals surface area contributed by atoms with Gasteiger partial charge < -0.3 is 30.5 Å². The minimum atomic E-state index is -4.92. The van der Waals surface area contributed by atoms with Crippen molar-refractivity contribution in [3.8, 4) is 5.88 Å². The van der Waals surface area contributed by atoms with Gasteiger partial charge in [0.05, 0.1) is 11.4 Å². The third-order valence-corrected chi connectivity index (χ3v) is 9.22. The molecule has 2 aliphatic heterocycles. The Morgan fingerprint density at radius 3 is 2.52 bits per heavy atom. The number of hydrogen-bond acceptors (Lipinski definition) is 9. The Hall–Kier alpha value is -4.43. The largest absolute Gasteiger partial charge is 0.480 e. The van der Waals surface area contributed by atoms with Gasteiger partial charge in [0.1, 0.15) is 11.9 Å². The molecule has 0 saturated carbocycles. The molecule has 0 amide bonds. The highest BCUT2D eigenvalue weighted by Gasteiger charge is 2.59. The number of aliphatic carboxylic acids is 1. The van der Waals surface area contributed by atoms with E-state index in [0.717, 1.165) is 5.56 Å². The zero-order chi connectivity index (χ0) is 32.7. The maximum Gasteiger partial charge on any atom is 0.429 e. The van der Waals surface area contributed by atoms with Crippen molar-refractivity contribution in [2.24, 2.45) is 5.41 Å². The summed E-state index contributed by atoms with van der Waals surface area (Å²) in [4.78, 5) is 21.7. The second kappa shape index (κ2) is 12.1. The van der Waals surface area contributed by atoms with Crippen molar-refractivity contribution in [3.63, 3.8) is 0 Å². The average Bonchev–Trinajstić information content (AvgIpc) is 3.66. The second-order valence-electron chi connectivity index (χ2n) is 12.2. The Bertz CT molecular complexity index is 1640. The highest BCUT2D eigenvalue weighted by atomic mass is 19.4. The summed E-state index contributed by atoms with van der Waals surface area (Å²) < 4.78 is 58.3. The minimum Gasteiger partial charge on any atom is -0.480 e. The lowest BCUT2D eigenvalue weighted by atomic mass is 9.76. The molecule has 14 heteroatoms. The predicted molar refractivity (Wildman–Crippen MR) is 164 cm³/mol. The van der Waals surface area contributed by atoms with Gasteiger partial charge in [0, 0.05) is 44.9 Å². The van der Waals surface area contributed by atoms with E-state index in [-0.39, 0.29) is 28.9 Å². The highest BCUT2D eigenvalue weighted by molar-refractivity contribution is 5.74. The number of methoxy groups -OCH3 is 1. The summed E-state index contributed by atoms with van der Waals surface area (Å²) in [6, 6.07) is 11.9. The molecule has 244 valence electrons. The average molecular weight is 640 g/mol. The molecule has 3 aliphatic rings. The van der Waals surface area contributed by atoms with E-state index < -0.39 is 29.9 Å². The van der Waals surface area contributed by atoms with Crippen LogP contribution in [-0.2, 0) is 9.53 Å². The van der Waals surface area contributed by atoms with Crippen LogP contribution in [0.1, 0.15) is 36.4 Å². The van der Waals surface area contributed by atoms with Gasteiger partial charge in [-0.2, -0.15) is 28.2 Å². The molecule has 4 heterocycles. The molecule has 4 N–H and O–H groups in total. The number of carboxylic acid groups (broad SMARTS) is 1. The molecule has 1 aromatic carbocycles. The molecule has 2 saturated heterocycles. The summed E-state index contributed by atoms with van der Waals surface area (Å²) in [7, 11) is 1.20. The van der Waals surface area contributed by atoms with Crippen LogP contribution in [0.15, 0.2) is 66.9 Å². The van der Waals surface area contributed by atoms with Gasteiger partial charge in [-0.05, 0) is 55.4 Å². The number of aryl methyl sites for hydroxylation is 1. The molecule has 2 aromatic heterocycles. The summed E-state index contributed by atoms with van der Waals surface area (Å²) in [5.41, 5.74) is 5.34. The van der Waals surface area contributed by atoms with Crippen LogP contribution in [0.3, 0.4) is 0 Å². The zero-order valence-electron chi connectivity index (χ0n) is 25.4. The molecular weight excluding hydrogens is 603 g/mol. The minimum absolute atomic E-state index is 0.134. The van der Waals surface area contributed by atoms with Gasteiger partial charge in [0.15, 0.2) is 5.60 Å². The topological polar surface area (TPSA) is 141 Å². The number of piperidine rings is 1. The Morgan fingerprint density at radius 1 is 1.17 bits per heavy atom. The number of nitrogens with one attached hydrogen (secondary N) is 1. The van der Waals surface area contributed by atoms with Gasteiger partial charge in [-0.1, -0.05) is 36.4 Å². The number of allylic oxidation sites excluding steroid dienone is 2. The summed E-state index contributed by atoms with van der Waals surface area (Å²) >= 11 is 0. The van der Waals surface area contributed by atoms with Crippen LogP contribution >= 0.6 is 0 Å². The molecule has 11 nitrogen and oxygen atoms in total.